The molecule has 0 radical (unpaired) electrons. The lowest BCUT2D eigenvalue weighted by atomic mass is 10.0. The van der Waals surface area contributed by atoms with Crippen LogP contribution in [0, 0.1) is 0 Å². The zero-order chi connectivity index (χ0) is 14.9. The van der Waals surface area contributed by atoms with Crippen molar-refractivity contribution in [1.82, 2.24) is 10.3 Å². The zero-order valence-electron chi connectivity index (χ0n) is 12.8. The van der Waals surface area contributed by atoms with Crippen molar-refractivity contribution in [2.75, 3.05) is 6.54 Å². The third-order valence-electron chi connectivity index (χ3n) is 3.81. The monoisotopic (exact) mass is 302 g/mol. The van der Waals surface area contributed by atoms with Crippen molar-refractivity contribution < 1.29 is 4.74 Å². The molecule has 0 saturated heterocycles. The number of benzene rings is 1. The van der Waals surface area contributed by atoms with Crippen LogP contribution in [0.5, 0.6) is 5.75 Å². The van der Waals surface area contributed by atoms with Crippen molar-refractivity contribution in [3.05, 3.63) is 45.9 Å². The summed E-state index contributed by atoms with van der Waals surface area (Å²) in [5.41, 5.74) is 2.50. The summed E-state index contributed by atoms with van der Waals surface area (Å²) in [4.78, 5) is 4.37. The Morgan fingerprint density at radius 2 is 2.29 bits per heavy atom. The van der Waals surface area contributed by atoms with Crippen LogP contribution >= 0.6 is 11.3 Å². The largest absolute Gasteiger partial charge is 0.487 e. The van der Waals surface area contributed by atoms with E-state index < -0.39 is 0 Å². The summed E-state index contributed by atoms with van der Waals surface area (Å²) in [5.74, 6) is 1.52. The highest BCUT2D eigenvalue weighted by Gasteiger charge is 2.31. The molecule has 3 rings (SSSR count). The summed E-state index contributed by atoms with van der Waals surface area (Å²) >= 11 is 1.72. The maximum absolute atomic E-state index is 6.10. The Balaban J connectivity index is 1.61. The molecule has 1 aliphatic rings. The summed E-state index contributed by atoms with van der Waals surface area (Å²) in [7, 11) is 0. The van der Waals surface area contributed by atoms with Gasteiger partial charge in [-0.05, 0) is 19.4 Å². The van der Waals surface area contributed by atoms with Gasteiger partial charge in [-0.1, -0.05) is 25.1 Å². The molecular formula is C17H22N2OS. The summed E-state index contributed by atoms with van der Waals surface area (Å²) in [5, 5.41) is 6.76. The number of nitrogens with one attached hydrogen (secondary N) is 1. The van der Waals surface area contributed by atoms with E-state index in [4.69, 9.17) is 4.74 Å². The predicted molar refractivity (Wildman–Crippen MR) is 87.1 cm³/mol. The lowest BCUT2D eigenvalue weighted by Gasteiger charge is -2.18. The summed E-state index contributed by atoms with van der Waals surface area (Å²) in [6.45, 7) is 8.28. The minimum atomic E-state index is -0.0768. The Morgan fingerprint density at radius 1 is 1.43 bits per heavy atom. The van der Waals surface area contributed by atoms with Crippen LogP contribution in [0.4, 0.5) is 0 Å². The lowest BCUT2D eigenvalue weighted by molar-refractivity contribution is 0.137. The van der Waals surface area contributed by atoms with Gasteiger partial charge in [-0.3, -0.25) is 0 Å². The van der Waals surface area contributed by atoms with Crippen LogP contribution in [-0.4, -0.2) is 17.1 Å². The molecule has 2 heterocycles. The zero-order valence-corrected chi connectivity index (χ0v) is 13.7. The number of para-hydroxylation sites is 1. The smallest absolute Gasteiger partial charge is 0.127 e. The number of aromatic nitrogens is 1. The molecule has 4 heteroatoms. The maximum atomic E-state index is 6.10. The SMILES string of the molecule is CC(CNCc1cccc2c1OC(C)(C)C2)c1nccs1. The van der Waals surface area contributed by atoms with E-state index in [0.29, 0.717) is 5.92 Å². The number of hydrogen-bond donors (Lipinski definition) is 1. The molecule has 0 fully saturated rings. The number of fused-ring (bicyclic) bond motifs is 1. The molecule has 0 saturated carbocycles. The van der Waals surface area contributed by atoms with Crippen molar-refractivity contribution >= 4 is 11.3 Å². The Hall–Kier alpha value is -1.39. The van der Waals surface area contributed by atoms with Gasteiger partial charge in [0.2, 0.25) is 0 Å². The fourth-order valence-corrected chi connectivity index (χ4v) is 3.51. The second-order valence-electron chi connectivity index (χ2n) is 6.35. The van der Waals surface area contributed by atoms with Crippen molar-refractivity contribution in [1.29, 1.82) is 0 Å². The highest BCUT2D eigenvalue weighted by molar-refractivity contribution is 7.09. The Kier molecular flexibility index (Phi) is 4.00. The minimum Gasteiger partial charge on any atom is -0.487 e. The number of thiazole rings is 1. The van der Waals surface area contributed by atoms with E-state index in [1.54, 1.807) is 11.3 Å². The molecule has 0 bridgehead atoms. The molecule has 3 nitrogen and oxygen atoms in total. The van der Waals surface area contributed by atoms with E-state index in [0.717, 1.165) is 25.3 Å². The van der Waals surface area contributed by atoms with Crippen LogP contribution < -0.4 is 10.1 Å². The highest BCUT2D eigenvalue weighted by atomic mass is 32.1. The van der Waals surface area contributed by atoms with Crippen molar-refractivity contribution in [2.45, 2.75) is 45.3 Å². The first-order valence-electron chi connectivity index (χ1n) is 7.45. The quantitative estimate of drug-likeness (QED) is 0.913. The van der Waals surface area contributed by atoms with Crippen molar-refractivity contribution in [3.8, 4) is 5.75 Å². The molecule has 112 valence electrons. The standard InChI is InChI=1S/C17H22N2OS/c1-12(16-19-7-8-21-16)10-18-11-14-6-4-5-13-9-17(2,3)20-15(13)14/h4-8,12,18H,9-11H2,1-3H3. The molecule has 1 unspecified atom stereocenters. The first-order valence-corrected chi connectivity index (χ1v) is 8.33. The predicted octanol–water partition coefficient (Wildman–Crippen LogP) is 3.75. The number of ether oxygens (including phenoxy) is 1. The van der Waals surface area contributed by atoms with Gasteiger partial charge in [-0.15, -0.1) is 11.3 Å². The van der Waals surface area contributed by atoms with E-state index in [2.05, 4.69) is 49.3 Å². The van der Waals surface area contributed by atoms with Crippen molar-refractivity contribution in [3.63, 3.8) is 0 Å². The summed E-state index contributed by atoms with van der Waals surface area (Å²) in [6.07, 6.45) is 2.86. The van der Waals surface area contributed by atoms with Gasteiger partial charge in [-0.2, -0.15) is 0 Å². The van der Waals surface area contributed by atoms with Gasteiger partial charge in [-0.25, -0.2) is 4.98 Å². The van der Waals surface area contributed by atoms with Crippen LogP contribution in [0.1, 0.15) is 42.8 Å². The Morgan fingerprint density at radius 3 is 3.05 bits per heavy atom. The van der Waals surface area contributed by atoms with E-state index >= 15 is 0 Å². The van der Waals surface area contributed by atoms with Crippen LogP contribution in [0.3, 0.4) is 0 Å². The van der Waals surface area contributed by atoms with Crippen LogP contribution in [0.2, 0.25) is 0 Å². The maximum Gasteiger partial charge on any atom is 0.127 e. The van der Waals surface area contributed by atoms with Gasteiger partial charge in [0.1, 0.15) is 11.4 Å². The Labute approximate surface area is 130 Å². The molecular weight excluding hydrogens is 280 g/mol. The molecule has 21 heavy (non-hydrogen) atoms. The van der Waals surface area contributed by atoms with Crippen LogP contribution in [-0.2, 0) is 13.0 Å². The first-order chi connectivity index (χ1) is 10.1. The second-order valence-corrected chi connectivity index (χ2v) is 7.27. The third kappa shape index (κ3) is 3.27. The molecule has 1 aliphatic heterocycles. The molecule has 1 aromatic carbocycles. The molecule has 0 aliphatic carbocycles. The number of rotatable bonds is 5. The minimum absolute atomic E-state index is 0.0768. The highest BCUT2D eigenvalue weighted by Crippen LogP contribution is 2.37. The molecule has 1 atom stereocenters. The molecule has 1 N–H and O–H groups in total. The van der Waals surface area contributed by atoms with Gasteiger partial charge < -0.3 is 10.1 Å². The summed E-state index contributed by atoms with van der Waals surface area (Å²) in [6, 6.07) is 6.46. The van der Waals surface area contributed by atoms with Gasteiger partial charge in [0.25, 0.3) is 0 Å². The van der Waals surface area contributed by atoms with Crippen LogP contribution in [0.15, 0.2) is 29.8 Å². The third-order valence-corrected chi connectivity index (χ3v) is 4.82. The van der Waals surface area contributed by atoms with E-state index in [1.165, 1.54) is 16.1 Å². The molecule has 1 aromatic heterocycles. The molecule has 2 aromatic rings. The average Bonchev–Trinajstić information content (AvgIpc) is 3.04. The molecule has 0 spiro atoms. The van der Waals surface area contributed by atoms with Gasteiger partial charge in [0, 0.05) is 42.6 Å². The normalized spacial score (nSPS) is 17.3. The lowest BCUT2D eigenvalue weighted by Crippen LogP contribution is -2.25. The van der Waals surface area contributed by atoms with Gasteiger partial charge in [0.15, 0.2) is 0 Å². The second kappa shape index (κ2) is 5.78. The van der Waals surface area contributed by atoms with E-state index in [9.17, 15) is 0 Å². The molecule has 0 amide bonds. The number of nitrogens with zero attached hydrogens (tertiary/aromatic N) is 1. The van der Waals surface area contributed by atoms with Crippen LogP contribution in [0.25, 0.3) is 0 Å². The topological polar surface area (TPSA) is 34.1 Å². The van der Waals surface area contributed by atoms with E-state index in [-0.39, 0.29) is 5.60 Å². The average molecular weight is 302 g/mol. The number of hydrogen-bond acceptors (Lipinski definition) is 4. The van der Waals surface area contributed by atoms with Gasteiger partial charge >= 0.3 is 0 Å². The Bertz CT molecular complexity index is 607. The van der Waals surface area contributed by atoms with Crippen molar-refractivity contribution in [2.24, 2.45) is 0 Å². The van der Waals surface area contributed by atoms with E-state index in [1.807, 2.05) is 11.6 Å². The fraction of sp³-hybridized carbons (Fsp3) is 0.471. The fourth-order valence-electron chi connectivity index (χ4n) is 2.81. The summed E-state index contributed by atoms with van der Waals surface area (Å²) < 4.78 is 6.10. The first kappa shape index (κ1) is 14.5. The van der Waals surface area contributed by atoms with Gasteiger partial charge in [0.05, 0.1) is 5.01 Å².